The molecule has 2 aromatic carbocycles. The van der Waals surface area contributed by atoms with Gasteiger partial charge in [-0.25, -0.2) is 10.1 Å². The number of rotatable bonds is 5. The van der Waals surface area contributed by atoms with Gasteiger partial charge in [-0.05, 0) is 23.8 Å². The zero-order chi connectivity index (χ0) is 23.1. The van der Waals surface area contributed by atoms with Gasteiger partial charge in [0, 0.05) is 22.5 Å². The maximum atomic E-state index is 13.7. The number of aromatic nitrogens is 8. The summed E-state index contributed by atoms with van der Waals surface area (Å²) in [4.78, 5) is 26.9. The number of benzene rings is 2. The summed E-state index contributed by atoms with van der Waals surface area (Å²) in [5.74, 6) is 1.43. The highest BCUT2D eigenvalue weighted by molar-refractivity contribution is 7.98. The normalized spacial score (nSPS) is 11.4. The molecule has 0 atom stereocenters. The first-order chi connectivity index (χ1) is 16.7. The van der Waals surface area contributed by atoms with E-state index in [1.807, 2.05) is 42.5 Å². The standard InChI is InChI=1S/C23H15ClN8OS/c24-16-8-4-7-15(11-16)19-18-17(27-21-25-13-26-32(19)21)9-10-31(20(18)33)22-28-23(30-29-22)34-12-14-5-2-1-3-6-14/h1-11,13H,12H2,(H,28,29,30). The summed E-state index contributed by atoms with van der Waals surface area (Å²) in [6.07, 6.45) is 3.03. The first-order valence-corrected chi connectivity index (χ1v) is 11.6. The Kier molecular flexibility index (Phi) is 5.08. The molecular weight excluding hydrogens is 472 g/mol. The first kappa shape index (κ1) is 20.6. The van der Waals surface area contributed by atoms with E-state index in [0.717, 1.165) is 16.9 Å². The molecule has 0 unspecified atom stereocenters. The van der Waals surface area contributed by atoms with Gasteiger partial charge < -0.3 is 0 Å². The van der Waals surface area contributed by atoms with Crippen molar-refractivity contribution in [3.63, 3.8) is 0 Å². The number of thioether (sulfide) groups is 1. The fraction of sp³-hybridized carbons (Fsp3) is 0.0435. The van der Waals surface area contributed by atoms with Gasteiger partial charge in [0.25, 0.3) is 11.3 Å². The third kappa shape index (κ3) is 3.62. The minimum atomic E-state index is -0.312. The summed E-state index contributed by atoms with van der Waals surface area (Å²) in [7, 11) is 0. The maximum Gasteiger partial charge on any atom is 0.269 e. The summed E-state index contributed by atoms with van der Waals surface area (Å²) < 4.78 is 2.96. The van der Waals surface area contributed by atoms with E-state index in [1.54, 1.807) is 28.9 Å². The van der Waals surface area contributed by atoms with Crippen molar-refractivity contribution in [3.05, 3.63) is 94.1 Å². The predicted octanol–water partition coefficient (Wildman–Crippen LogP) is 4.16. The van der Waals surface area contributed by atoms with Gasteiger partial charge in [0.2, 0.25) is 11.1 Å². The molecule has 0 aliphatic heterocycles. The van der Waals surface area contributed by atoms with E-state index >= 15 is 0 Å². The topological polar surface area (TPSA) is 107 Å². The Morgan fingerprint density at radius 3 is 2.76 bits per heavy atom. The van der Waals surface area contributed by atoms with Crippen LogP contribution in [0, 0.1) is 0 Å². The number of H-pyrrole nitrogens is 1. The Balaban J connectivity index is 1.47. The van der Waals surface area contributed by atoms with Gasteiger partial charge in [-0.1, -0.05) is 65.8 Å². The van der Waals surface area contributed by atoms with Gasteiger partial charge >= 0.3 is 0 Å². The Bertz CT molecular complexity index is 1710. The molecule has 1 N–H and O–H groups in total. The van der Waals surface area contributed by atoms with Gasteiger partial charge in [0.15, 0.2) is 0 Å². The average molecular weight is 487 g/mol. The summed E-state index contributed by atoms with van der Waals surface area (Å²) in [6.45, 7) is 0. The highest BCUT2D eigenvalue weighted by Gasteiger charge is 2.19. The molecule has 6 rings (SSSR count). The molecule has 0 aliphatic rings. The zero-order valence-electron chi connectivity index (χ0n) is 17.5. The van der Waals surface area contributed by atoms with E-state index in [-0.39, 0.29) is 5.56 Å². The van der Waals surface area contributed by atoms with Crippen molar-refractivity contribution in [1.82, 2.24) is 39.3 Å². The summed E-state index contributed by atoms with van der Waals surface area (Å²) in [5.41, 5.74) is 2.62. The van der Waals surface area contributed by atoms with Gasteiger partial charge in [0.05, 0.1) is 16.6 Å². The van der Waals surface area contributed by atoms with Gasteiger partial charge in [0.1, 0.15) is 6.33 Å². The second-order valence-electron chi connectivity index (χ2n) is 7.41. The summed E-state index contributed by atoms with van der Waals surface area (Å²) >= 11 is 7.73. The molecule has 11 heteroatoms. The fourth-order valence-electron chi connectivity index (χ4n) is 3.73. The molecule has 0 spiro atoms. The lowest BCUT2D eigenvalue weighted by Gasteiger charge is -2.10. The number of aromatic amines is 1. The summed E-state index contributed by atoms with van der Waals surface area (Å²) in [5, 5.41) is 12.9. The van der Waals surface area contributed by atoms with Gasteiger partial charge in [-0.15, -0.1) is 5.10 Å². The molecule has 0 aliphatic carbocycles. The molecule has 6 aromatic rings. The number of halogens is 1. The number of nitrogens with one attached hydrogen (secondary N) is 1. The van der Waals surface area contributed by atoms with Crippen LogP contribution in [0.15, 0.2) is 83.1 Å². The molecule has 166 valence electrons. The minimum Gasteiger partial charge on any atom is -0.268 e. The quantitative estimate of drug-likeness (QED) is 0.364. The van der Waals surface area contributed by atoms with Crippen LogP contribution >= 0.6 is 23.4 Å². The molecule has 0 saturated heterocycles. The van der Waals surface area contributed by atoms with Crippen LogP contribution in [0.25, 0.3) is 33.9 Å². The van der Waals surface area contributed by atoms with Crippen LogP contribution in [0.1, 0.15) is 5.56 Å². The molecule has 34 heavy (non-hydrogen) atoms. The summed E-state index contributed by atoms with van der Waals surface area (Å²) in [6, 6.07) is 19.0. The van der Waals surface area contributed by atoms with E-state index in [2.05, 4.69) is 30.2 Å². The van der Waals surface area contributed by atoms with Crippen LogP contribution in [0.2, 0.25) is 5.02 Å². The van der Waals surface area contributed by atoms with Crippen molar-refractivity contribution in [1.29, 1.82) is 0 Å². The Labute approximate surface area is 201 Å². The number of hydrogen-bond donors (Lipinski definition) is 1. The molecule has 0 radical (unpaired) electrons. The van der Waals surface area contributed by atoms with Crippen LogP contribution in [0.5, 0.6) is 0 Å². The third-order valence-corrected chi connectivity index (χ3v) is 6.41. The lowest BCUT2D eigenvalue weighted by Crippen LogP contribution is -2.21. The molecule has 9 nitrogen and oxygen atoms in total. The van der Waals surface area contributed by atoms with E-state index < -0.39 is 0 Å². The largest absolute Gasteiger partial charge is 0.269 e. The third-order valence-electron chi connectivity index (χ3n) is 5.26. The number of hydrogen-bond acceptors (Lipinski definition) is 7. The van der Waals surface area contributed by atoms with Crippen LogP contribution in [0.3, 0.4) is 0 Å². The van der Waals surface area contributed by atoms with Crippen LogP contribution in [-0.4, -0.2) is 39.3 Å². The van der Waals surface area contributed by atoms with Crippen molar-refractivity contribution in [2.45, 2.75) is 10.9 Å². The number of fused-ring (bicyclic) bond motifs is 2. The molecule has 0 fully saturated rings. The second kappa shape index (κ2) is 8.40. The van der Waals surface area contributed by atoms with Crippen LogP contribution in [0.4, 0.5) is 0 Å². The molecule has 4 aromatic heterocycles. The van der Waals surface area contributed by atoms with Crippen molar-refractivity contribution < 1.29 is 0 Å². The van der Waals surface area contributed by atoms with Gasteiger partial charge in [-0.3, -0.25) is 9.36 Å². The fourth-order valence-corrected chi connectivity index (χ4v) is 4.67. The molecule has 0 bridgehead atoms. The van der Waals surface area contributed by atoms with Crippen molar-refractivity contribution in [3.8, 4) is 17.2 Å². The van der Waals surface area contributed by atoms with Crippen molar-refractivity contribution >= 4 is 40.0 Å². The van der Waals surface area contributed by atoms with E-state index in [4.69, 9.17) is 11.6 Å². The number of nitrogens with zero attached hydrogens (tertiary/aromatic N) is 7. The monoisotopic (exact) mass is 486 g/mol. The molecule has 4 heterocycles. The SMILES string of the molecule is O=c1c2c(-c3cccc(Cl)c3)n3ncnc3nc2ccn1-c1nc(SCc2ccccc2)n[nH]1. The minimum absolute atomic E-state index is 0.312. The Morgan fingerprint density at radius 1 is 1.03 bits per heavy atom. The Morgan fingerprint density at radius 2 is 1.91 bits per heavy atom. The highest BCUT2D eigenvalue weighted by atomic mass is 35.5. The van der Waals surface area contributed by atoms with E-state index in [0.29, 0.717) is 38.5 Å². The Hall–Kier alpha value is -4.02. The second-order valence-corrected chi connectivity index (χ2v) is 8.79. The van der Waals surface area contributed by atoms with E-state index in [1.165, 1.54) is 22.7 Å². The first-order valence-electron chi connectivity index (χ1n) is 10.3. The van der Waals surface area contributed by atoms with Crippen molar-refractivity contribution in [2.24, 2.45) is 0 Å². The van der Waals surface area contributed by atoms with Crippen molar-refractivity contribution in [2.75, 3.05) is 0 Å². The van der Waals surface area contributed by atoms with Gasteiger partial charge in [-0.2, -0.15) is 19.6 Å². The van der Waals surface area contributed by atoms with Crippen LogP contribution < -0.4 is 5.56 Å². The zero-order valence-corrected chi connectivity index (χ0v) is 19.0. The predicted molar refractivity (Wildman–Crippen MR) is 130 cm³/mol. The van der Waals surface area contributed by atoms with Crippen LogP contribution in [-0.2, 0) is 5.75 Å². The van der Waals surface area contributed by atoms with E-state index in [9.17, 15) is 4.79 Å². The molecule has 0 saturated carbocycles. The highest BCUT2D eigenvalue weighted by Crippen LogP contribution is 2.28. The smallest absolute Gasteiger partial charge is 0.268 e. The lowest BCUT2D eigenvalue weighted by atomic mass is 10.1. The maximum absolute atomic E-state index is 13.7. The molecule has 0 amide bonds. The molecular formula is C23H15ClN8OS. The number of pyridine rings is 1. The average Bonchev–Trinajstić information content (AvgIpc) is 3.52. The lowest BCUT2D eigenvalue weighted by molar-refractivity contribution is 0.895.